The van der Waals surface area contributed by atoms with Crippen LogP contribution in [0.15, 0.2) is 30.3 Å². The zero-order valence-corrected chi connectivity index (χ0v) is 12.7. The van der Waals surface area contributed by atoms with Gasteiger partial charge in [0.05, 0.1) is 6.54 Å². The van der Waals surface area contributed by atoms with Crippen LogP contribution in [0.1, 0.15) is 43.3 Å². The van der Waals surface area contributed by atoms with Gasteiger partial charge in [0.15, 0.2) is 5.82 Å². The van der Waals surface area contributed by atoms with Crippen LogP contribution in [0, 0.1) is 0 Å². The van der Waals surface area contributed by atoms with Gasteiger partial charge in [-0.2, -0.15) is 5.10 Å². The normalized spacial score (nSPS) is 22.1. The van der Waals surface area contributed by atoms with Crippen molar-refractivity contribution in [1.29, 1.82) is 0 Å². The molecule has 2 aromatic rings. The number of hydrogen-bond acceptors (Lipinski definition) is 4. The van der Waals surface area contributed by atoms with Gasteiger partial charge in [0.2, 0.25) is 0 Å². The summed E-state index contributed by atoms with van der Waals surface area (Å²) in [6.07, 6.45) is 4.91. The molecule has 1 aromatic heterocycles. The van der Waals surface area contributed by atoms with Gasteiger partial charge < -0.3 is 4.74 Å². The van der Waals surface area contributed by atoms with Crippen LogP contribution in [0.5, 0.6) is 5.75 Å². The Kier molecular flexibility index (Phi) is 3.81. The predicted octanol–water partition coefficient (Wildman–Crippen LogP) is 2.73. The lowest BCUT2D eigenvalue weighted by atomic mass is 10.2. The summed E-state index contributed by atoms with van der Waals surface area (Å²) >= 11 is 0. The molecule has 0 spiro atoms. The highest BCUT2D eigenvalue weighted by Crippen LogP contribution is 2.37. The van der Waals surface area contributed by atoms with Crippen molar-refractivity contribution in [3.63, 3.8) is 0 Å². The zero-order chi connectivity index (χ0) is 14.8. The second kappa shape index (κ2) is 6.08. The van der Waals surface area contributed by atoms with Crippen molar-refractivity contribution in [2.24, 2.45) is 0 Å². The van der Waals surface area contributed by atoms with Gasteiger partial charge in [-0.15, -0.1) is 0 Å². The van der Waals surface area contributed by atoms with Gasteiger partial charge in [-0.3, -0.25) is 10.00 Å². The molecule has 5 nitrogen and oxygen atoms in total. The number of nitrogens with one attached hydrogen (secondary N) is 1. The van der Waals surface area contributed by atoms with Crippen LogP contribution in [0.4, 0.5) is 0 Å². The molecule has 22 heavy (non-hydrogen) atoms. The number of para-hydroxylation sites is 1. The molecular formula is C17H22N4O. The quantitative estimate of drug-likeness (QED) is 0.891. The van der Waals surface area contributed by atoms with Crippen molar-refractivity contribution in [3.8, 4) is 5.75 Å². The van der Waals surface area contributed by atoms with E-state index in [1.807, 2.05) is 30.3 Å². The number of ether oxygens (including phenoxy) is 1. The van der Waals surface area contributed by atoms with Crippen molar-refractivity contribution in [2.45, 2.75) is 44.2 Å². The molecule has 2 heterocycles. The molecule has 0 amide bonds. The molecule has 1 N–H and O–H groups in total. The Labute approximate surface area is 130 Å². The van der Waals surface area contributed by atoms with Crippen molar-refractivity contribution in [1.82, 2.24) is 20.1 Å². The van der Waals surface area contributed by atoms with E-state index >= 15 is 0 Å². The molecule has 5 heteroatoms. The van der Waals surface area contributed by atoms with Crippen molar-refractivity contribution >= 4 is 0 Å². The van der Waals surface area contributed by atoms with Gasteiger partial charge in [0.1, 0.15) is 18.2 Å². The lowest BCUT2D eigenvalue weighted by Gasteiger charge is -2.23. The molecule has 4 rings (SSSR count). The molecule has 2 aliphatic rings. The van der Waals surface area contributed by atoms with E-state index < -0.39 is 0 Å². The van der Waals surface area contributed by atoms with Crippen LogP contribution in [0.25, 0.3) is 0 Å². The summed E-state index contributed by atoms with van der Waals surface area (Å²) in [5, 5.41) is 7.45. The first-order chi connectivity index (χ1) is 10.9. The molecule has 0 bridgehead atoms. The molecule has 1 aromatic carbocycles. The maximum atomic E-state index is 5.92. The van der Waals surface area contributed by atoms with Crippen molar-refractivity contribution in [2.75, 3.05) is 13.2 Å². The average molecular weight is 298 g/mol. The Balaban J connectivity index is 1.34. The van der Waals surface area contributed by atoms with E-state index in [4.69, 9.17) is 4.74 Å². The highest BCUT2D eigenvalue weighted by molar-refractivity contribution is 5.21. The molecule has 1 aliphatic heterocycles. The second-order valence-electron chi connectivity index (χ2n) is 6.31. The number of benzene rings is 1. The van der Waals surface area contributed by atoms with Gasteiger partial charge in [0.25, 0.3) is 0 Å². The number of H-pyrrole nitrogens is 1. The van der Waals surface area contributed by atoms with Crippen LogP contribution >= 0.6 is 0 Å². The van der Waals surface area contributed by atoms with Crippen molar-refractivity contribution < 1.29 is 4.74 Å². The molecule has 1 saturated carbocycles. The molecule has 1 saturated heterocycles. The standard InChI is InChI=1S/C17H22N4O/c1-2-6-15(7-3-1)22-12-14-5-4-10-21(14)11-16-18-17(20-19-16)13-8-9-13/h1-3,6-7,13-14H,4-5,8-12H2,(H,18,19,20). The third kappa shape index (κ3) is 3.14. The molecule has 1 aliphatic carbocycles. The molecule has 0 radical (unpaired) electrons. The van der Waals surface area contributed by atoms with Crippen LogP contribution in [0.2, 0.25) is 0 Å². The number of aromatic nitrogens is 3. The minimum atomic E-state index is 0.467. The van der Waals surface area contributed by atoms with Gasteiger partial charge in [-0.1, -0.05) is 18.2 Å². The summed E-state index contributed by atoms with van der Waals surface area (Å²) < 4.78 is 5.92. The highest BCUT2D eigenvalue weighted by Gasteiger charge is 2.29. The minimum absolute atomic E-state index is 0.467. The summed E-state index contributed by atoms with van der Waals surface area (Å²) in [5.74, 6) is 3.56. The van der Waals surface area contributed by atoms with E-state index in [9.17, 15) is 0 Å². The van der Waals surface area contributed by atoms with E-state index in [0.29, 0.717) is 12.0 Å². The van der Waals surface area contributed by atoms with Crippen LogP contribution in [-0.2, 0) is 6.54 Å². The van der Waals surface area contributed by atoms with Gasteiger partial charge in [-0.05, 0) is 44.4 Å². The number of likely N-dealkylation sites (tertiary alicyclic amines) is 1. The monoisotopic (exact) mass is 298 g/mol. The molecule has 1 atom stereocenters. The lowest BCUT2D eigenvalue weighted by Crippen LogP contribution is -2.34. The van der Waals surface area contributed by atoms with E-state index in [1.165, 1.54) is 25.7 Å². The zero-order valence-electron chi connectivity index (χ0n) is 12.7. The van der Waals surface area contributed by atoms with Gasteiger partial charge in [-0.25, -0.2) is 4.98 Å². The molecule has 2 fully saturated rings. The third-order valence-electron chi connectivity index (χ3n) is 4.53. The Morgan fingerprint density at radius 3 is 2.86 bits per heavy atom. The van der Waals surface area contributed by atoms with Gasteiger partial charge >= 0.3 is 0 Å². The van der Waals surface area contributed by atoms with E-state index in [1.54, 1.807) is 0 Å². The predicted molar refractivity (Wildman–Crippen MR) is 83.7 cm³/mol. The first-order valence-electron chi connectivity index (χ1n) is 8.21. The van der Waals surface area contributed by atoms with Crippen molar-refractivity contribution in [3.05, 3.63) is 42.0 Å². The SMILES string of the molecule is c1ccc(OCC2CCCN2Cc2nc(C3CC3)n[nH]2)cc1. The number of hydrogen-bond donors (Lipinski definition) is 1. The fourth-order valence-electron chi connectivity index (χ4n) is 3.10. The highest BCUT2D eigenvalue weighted by atomic mass is 16.5. The first-order valence-corrected chi connectivity index (χ1v) is 8.21. The van der Waals surface area contributed by atoms with Crippen LogP contribution in [0.3, 0.4) is 0 Å². The number of nitrogens with zero attached hydrogens (tertiary/aromatic N) is 3. The maximum Gasteiger partial charge on any atom is 0.153 e. The minimum Gasteiger partial charge on any atom is -0.492 e. The fourth-order valence-corrected chi connectivity index (χ4v) is 3.10. The Hall–Kier alpha value is -1.88. The molecule has 1 unspecified atom stereocenters. The molecular weight excluding hydrogens is 276 g/mol. The van der Waals surface area contributed by atoms with E-state index in [-0.39, 0.29) is 0 Å². The van der Waals surface area contributed by atoms with E-state index in [2.05, 4.69) is 20.1 Å². The Morgan fingerprint density at radius 1 is 1.18 bits per heavy atom. The fraction of sp³-hybridized carbons (Fsp3) is 0.529. The third-order valence-corrected chi connectivity index (χ3v) is 4.53. The summed E-state index contributed by atoms with van der Waals surface area (Å²) in [6, 6.07) is 10.5. The summed E-state index contributed by atoms with van der Waals surface area (Å²) in [7, 11) is 0. The Morgan fingerprint density at radius 2 is 2.05 bits per heavy atom. The average Bonchev–Trinajstić information content (AvgIpc) is 3.14. The van der Waals surface area contributed by atoms with Crippen LogP contribution in [-0.4, -0.2) is 39.3 Å². The van der Waals surface area contributed by atoms with E-state index in [0.717, 1.165) is 37.1 Å². The summed E-state index contributed by atoms with van der Waals surface area (Å²) in [6.45, 7) is 2.71. The smallest absolute Gasteiger partial charge is 0.153 e. The number of rotatable bonds is 6. The first kappa shape index (κ1) is 13.8. The largest absolute Gasteiger partial charge is 0.492 e. The molecule has 116 valence electrons. The summed E-state index contributed by atoms with van der Waals surface area (Å²) in [4.78, 5) is 7.10. The lowest BCUT2D eigenvalue weighted by molar-refractivity contribution is 0.164. The topological polar surface area (TPSA) is 54.0 Å². The maximum absolute atomic E-state index is 5.92. The number of aromatic amines is 1. The second-order valence-corrected chi connectivity index (χ2v) is 6.31. The van der Waals surface area contributed by atoms with Crippen LogP contribution < -0.4 is 4.74 Å². The summed E-state index contributed by atoms with van der Waals surface area (Å²) in [5.41, 5.74) is 0. The van der Waals surface area contributed by atoms with Gasteiger partial charge in [0, 0.05) is 12.0 Å². The Bertz CT molecular complexity index is 608.